The van der Waals surface area contributed by atoms with E-state index >= 15 is 0 Å². The van der Waals surface area contributed by atoms with Gasteiger partial charge in [-0.25, -0.2) is 13.2 Å². The molecule has 1 aliphatic carbocycles. The summed E-state index contributed by atoms with van der Waals surface area (Å²) in [5.74, 6) is -1.03. The lowest BCUT2D eigenvalue weighted by atomic mass is 9.68. The number of nitrogens with two attached hydrogens (primary N) is 1. The number of benzene rings is 2. The maximum Gasteiger partial charge on any atom is 0.573 e. The number of halogens is 3. The summed E-state index contributed by atoms with van der Waals surface area (Å²) in [6.45, 7) is 6.57. The molecule has 2 aromatic carbocycles. The SMILES string of the molecule is CC(C)(C)C1CCC(C(NC(=O)Nc2ccc(OC(F)(F)F)c(S(C)(=O)=O)c2)c2ccc(C(N)=O)c(-c3nn[nH]n3)c2)CC1. The molecule has 0 radical (unpaired) electrons. The number of nitrogens with one attached hydrogen (secondary N) is 3. The number of sulfone groups is 1. The van der Waals surface area contributed by atoms with Gasteiger partial charge in [0.25, 0.3) is 0 Å². The molecule has 5 N–H and O–H groups in total. The lowest BCUT2D eigenvalue weighted by Gasteiger charge is -2.40. The van der Waals surface area contributed by atoms with Gasteiger partial charge in [0, 0.05) is 17.5 Å². The number of amides is 3. The third kappa shape index (κ3) is 8.03. The Bertz CT molecular complexity index is 1620. The number of primary amides is 1. The number of nitrogens with zero attached hydrogens (tertiary/aromatic N) is 3. The monoisotopic (exact) mass is 637 g/mol. The van der Waals surface area contributed by atoms with E-state index in [0.29, 0.717) is 17.0 Å². The zero-order valence-corrected chi connectivity index (χ0v) is 25.3. The van der Waals surface area contributed by atoms with Crippen LogP contribution in [0.15, 0.2) is 41.3 Å². The average Bonchev–Trinajstić information content (AvgIpc) is 3.45. The lowest BCUT2D eigenvalue weighted by molar-refractivity contribution is -0.275. The Morgan fingerprint density at radius 3 is 2.30 bits per heavy atom. The first-order valence-electron chi connectivity index (χ1n) is 13.8. The van der Waals surface area contributed by atoms with Gasteiger partial charge in [0.15, 0.2) is 9.84 Å². The molecule has 16 heteroatoms. The minimum Gasteiger partial charge on any atom is -0.404 e. The number of rotatable bonds is 8. The molecule has 44 heavy (non-hydrogen) atoms. The van der Waals surface area contributed by atoms with Crippen molar-refractivity contribution in [3.63, 3.8) is 0 Å². The fourth-order valence-electron chi connectivity index (χ4n) is 5.62. The number of alkyl halides is 3. The number of carbonyl (C=O) groups is 2. The highest BCUT2D eigenvalue weighted by Crippen LogP contribution is 2.44. The molecule has 3 aromatic rings. The van der Waals surface area contributed by atoms with Gasteiger partial charge in [0.2, 0.25) is 11.7 Å². The molecule has 1 unspecified atom stereocenters. The molecule has 1 aromatic heterocycles. The van der Waals surface area contributed by atoms with Crippen molar-refractivity contribution in [2.75, 3.05) is 11.6 Å². The third-order valence-corrected chi connectivity index (χ3v) is 8.95. The van der Waals surface area contributed by atoms with Crippen LogP contribution in [0.2, 0.25) is 0 Å². The molecule has 1 atom stereocenters. The molecule has 1 heterocycles. The van der Waals surface area contributed by atoms with Crippen LogP contribution in [-0.2, 0) is 9.84 Å². The quantitative estimate of drug-likeness (QED) is 0.267. The van der Waals surface area contributed by atoms with E-state index in [1.807, 2.05) is 0 Å². The smallest absolute Gasteiger partial charge is 0.404 e. The molecular weight excluding hydrogens is 603 g/mol. The van der Waals surface area contributed by atoms with Crippen LogP contribution in [0.25, 0.3) is 11.4 Å². The van der Waals surface area contributed by atoms with Gasteiger partial charge in [-0.3, -0.25) is 4.79 Å². The predicted molar refractivity (Wildman–Crippen MR) is 154 cm³/mol. The molecule has 0 aliphatic heterocycles. The van der Waals surface area contributed by atoms with E-state index in [9.17, 15) is 31.2 Å². The van der Waals surface area contributed by atoms with E-state index in [1.165, 1.54) is 6.07 Å². The minimum absolute atomic E-state index is 0.0222. The van der Waals surface area contributed by atoms with Crippen LogP contribution in [0.3, 0.4) is 0 Å². The van der Waals surface area contributed by atoms with E-state index < -0.39 is 44.8 Å². The number of anilines is 1. The van der Waals surface area contributed by atoms with Gasteiger partial charge in [-0.05, 0) is 84.0 Å². The molecule has 0 saturated heterocycles. The van der Waals surface area contributed by atoms with Crippen LogP contribution in [0, 0.1) is 17.3 Å². The summed E-state index contributed by atoms with van der Waals surface area (Å²) in [7, 11) is -4.16. The zero-order valence-electron chi connectivity index (χ0n) is 24.5. The summed E-state index contributed by atoms with van der Waals surface area (Å²) < 4.78 is 66.8. The van der Waals surface area contributed by atoms with Crippen molar-refractivity contribution >= 4 is 27.5 Å². The Morgan fingerprint density at radius 1 is 1.07 bits per heavy atom. The van der Waals surface area contributed by atoms with Gasteiger partial charge in [-0.15, -0.1) is 23.4 Å². The van der Waals surface area contributed by atoms with Crippen LogP contribution in [0.5, 0.6) is 5.75 Å². The van der Waals surface area contributed by atoms with Crippen molar-refractivity contribution in [3.05, 3.63) is 47.5 Å². The summed E-state index contributed by atoms with van der Waals surface area (Å²) in [5, 5.41) is 19.3. The minimum atomic E-state index is -5.12. The number of H-pyrrole nitrogens is 1. The van der Waals surface area contributed by atoms with Gasteiger partial charge in [0.05, 0.1) is 11.6 Å². The normalized spacial score (nSPS) is 18.3. The summed E-state index contributed by atoms with van der Waals surface area (Å²) >= 11 is 0. The van der Waals surface area contributed by atoms with Gasteiger partial charge < -0.3 is 21.1 Å². The van der Waals surface area contributed by atoms with Crippen molar-refractivity contribution in [2.24, 2.45) is 23.0 Å². The molecular formula is C28H34F3N7O5S. The Labute approximate surface area is 252 Å². The van der Waals surface area contributed by atoms with Crippen molar-refractivity contribution in [1.29, 1.82) is 0 Å². The zero-order chi connectivity index (χ0) is 32.4. The van der Waals surface area contributed by atoms with E-state index in [4.69, 9.17) is 5.73 Å². The maximum absolute atomic E-state index is 13.3. The summed E-state index contributed by atoms with van der Waals surface area (Å²) in [6.07, 6.45) is -0.980. The van der Waals surface area contributed by atoms with Crippen molar-refractivity contribution in [1.82, 2.24) is 25.9 Å². The van der Waals surface area contributed by atoms with Crippen LogP contribution in [0.4, 0.5) is 23.7 Å². The van der Waals surface area contributed by atoms with E-state index in [-0.39, 0.29) is 28.4 Å². The molecule has 12 nitrogen and oxygen atoms in total. The molecule has 1 fully saturated rings. The molecule has 0 spiro atoms. The molecule has 3 amide bonds. The first kappa shape index (κ1) is 32.7. The number of ether oxygens (including phenoxy) is 1. The van der Waals surface area contributed by atoms with Crippen LogP contribution >= 0.6 is 0 Å². The molecule has 238 valence electrons. The number of hydrogen-bond donors (Lipinski definition) is 4. The van der Waals surface area contributed by atoms with Crippen LogP contribution < -0.4 is 21.1 Å². The number of hydrogen-bond acceptors (Lipinski definition) is 8. The summed E-state index contributed by atoms with van der Waals surface area (Å²) in [6, 6.07) is 6.39. The van der Waals surface area contributed by atoms with Crippen molar-refractivity contribution in [3.8, 4) is 17.1 Å². The third-order valence-electron chi connectivity index (χ3n) is 7.84. The highest BCUT2D eigenvalue weighted by molar-refractivity contribution is 7.90. The Hall–Kier alpha value is -4.21. The number of carbonyl (C=O) groups excluding carboxylic acids is 2. The van der Waals surface area contributed by atoms with E-state index in [0.717, 1.165) is 50.1 Å². The number of tetrazole rings is 1. The standard InChI is InChI=1S/C28H34F3N7O5S/c1-27(2,3)17-8-5-15(6-9-17)23(16-7-11-19(24(32)39)20(13-16)25-35-37-38-36-25)34-26(40)33-18-10-12-21(43-28(29,30)31)22(14-18)44(4,41)42/h7,10-15,17,23H,5-6,8-9H2,1-4H3,(H2,32,39)(H2,33,34,40)(H,35,36,37,38). The van der Waals surface area contributed by atoms with E-state index in [1.54, 1.807) is 12.1 Å². The summed E-state index contributed by atoms with van der Waals surface area (Å²) in [4.78, 5) is 24.7. The molecule has 1 saturated carbocycles. The topological polar surface area (TPSA) is 182 Å². The highest BCUT2D eigenvalue weighted by atomic mass is 32.2. The Kier molecular flexibility index (Phi) is 9.23. The number of urea groups is 1. The van der Waals surface area contributed by atoms with Crippen molar-refractivity contribution in [2.45, 2.75) is 63.8 Å². The largest absolute Gasteiger partial charge is 0.573 e. The fourth-order valence-corrected chi connectivity index (χ4v) is 6.43. The van der Waals surface area contributed by atoms with Crippen LogP contribution in [-0.4, -0.2) is 53.6 Å². The molecule has 0 bridgehead atoms. The second-order valence-corrected chi connectivity index (χ2v) is 13.9. The molecule has 4 rings (SSSR count). The Morgan fingerprint density at radius 2 is 1.75 bits per heavy atom. The first-order chi connectivity index (χ1) is 20.4. The summed E-state index contributed by atoms with van der Waals surface area (Å²) in [5.41, 5.74) is 6.73. The van der Waals surface area contributed by atoms with Crippen LogP contribution in [0.1, 0.15) is 68.4 Å². The predicted octanol–water partition coefficient (Wildman–Crippen LogP) is 4.98. The average molecular weight is 638 g/mol. The van der Waals surface area contributed by atoms with Gasteiger partial charge in [0.1, 0.15) is 10.6 Å². The highest BCUT2D eigenvalue weighted by Gasteiger charge is 2.36. The number of aromatic nitrogens is 4. The second-order valence-electron chi connectivity index (χ2n) is 11.9. The number of aromatic amines is 1. The van der Waals surface area contributed by atoms with E-state index in [2.05, 4.69) is 56.8 Å². The first-order valence-corrected chi connectivity index (χ1v) is 15.7. The van der Waals surface area contributed by atoms with Gasteiger partial charge >= 0.3 is 12.4 Å². The Balaban J connectivity index is 1.66. The second kappa shape index (κ2) is 12.4. The van der Waals surface area contributed by atoms with Gasteiger partial charge in [-0.2, -0.15) is 5.21 Å². The lowest BCUT2D eigenvalue weighted by Crippen LogP contribution is -2.38. The van der Waals surface area contributed by atoms with Gasteiger partial charge in [-0.1, -0.05) is 26.8 Å². The van der Waals surface area contributed by atoms with Crippen molar-refractivity contribution < 1.29 is 35.9 Å². The maximum atomic E-state index is 13.3. The molecule has 1 aliphatic rings. The fraction of sp³-hybridized carbons (Fsp3) is 0.464.